The molecule has 0 aromatic heterocycles. The second kappa shape index (κ2) is 4.98. The molecule has 0 saturated heterocycles. The maximum Gasteiger partial charge on any atom is 0.285 e. The number of hydrogen-bond donors (Lipinski definition) is 0. The first kappa shape index (κ1) is 12.5. The summed E-state index contributed by atoms with van der Waals surface area (Å²) in [6.45, 7) is 1.75. The molecule has 0 spiro atoms. The van der Waals surface area contributed by atoms with Gasteiger partial charge in [0.2, 0.25) is 0 Å². The van der Waals surface area contributed by atoms with Crippen LogP contribution in [0.1, 0.15) is 5.56 Å². The number of nitro benzene ring substituents is 1. The number of benzene rings is 1. The number of amides is 1. The van der Waals surface area contributed by atoms with Crippen molar-refractivity contribution in [1.82, 2.24) is 4.90 Å². The van der Waals surface area contributed by atoms with Gasteiger partial charge in [0.25, 0.3) is 10.9 Å². The van der Waals surface area contributed by atoms with Crippen LogP contribution < -0.4 is 0 Å². The third-order valence-corrected chi connectivity index (χ3v) is 3.15. The molecule has 0 saturated carbocycles. The zero-order chi connectivity index (χ0) is 12.3. The quantitative estimate of drug-likeness (QED) is 0.453. The van der Waals surface area contributed by atoms with Gasteiger partial charge in [-0.25, -0.2) is 0 Å². The molecule has 1 aromatic carbocycles. The van der Waals surface area contributed by atoms with Crippen molar-refractivity contribution in [3.63, 3.8) is 0 Å². The van der Waals surface area contributed by atoms with Gasteiger partial charge in [0.15, 0.2) is 0 Å². The Bertz CT molecular complexity index is 432. The van der Waals surface area contributed by atoms with Gasteiger partial charge in [-0.05, 0) is 30.3 Å². The van der Waals surface area contributed by atoms with Crippen molar-refractivity contribution in [2.24, 2.45) is 0 Å². The Morgan fingerprint density at radius 1 is 1.44 bits per heavy atom. The van der Waals surface area contributed by atoms with Crippen molar-refractivity contribution < 1.29 is 9.72 Å². The molecule has 6 heteroatoms. The lowest BCUT2D eigenvalue weighted by Gasteiger charge is -2.10. The van der Waals surface area contributed by atoms with Crippen LogP contribution in [0.3, 0.4) is 0 Å². The predicted octanol–water partition coefficient (Wildman–Crippen LogP) is 2.68. The average molecular weight is 240 g/mol. The Morgan fingerprint density at radius 2 is 2.06 bits per heavy atom. The van der Waals surface area contributed by atoms with Gasteiger partial charge in [0.05, 0.1) is 4.92 Å². The van der Waals surface area contributed by atoms with Gasteiger partial charge in [0.1, 0.15) is 0 Å². The monoisotopic (exact) mass is 240 g/mol. The van der Waals surface area contributed by atoms with Gasteiger partial charge in [-0.1, -0.05) is 0 Å². The van der Waals surface area contributed by atoms with E-state index in [1.54, 1.807) is 27.1 Å². The Morgan fingerprint density at radius 3 is 2.50 bits per heavy atom. The van der Waals surface area contributed by atoms with Gasteiger partial charge in [-0.3, -0.25) is 14.9 Å². The lowest BCUT2D eigenvalue weighted by molar-refractivity contribution is -0.385. The molecular formula is C10H12N2O3S. The summed E-state index contributed by atoms with van der Waals surface area (Å²) in [7, 11) is 3.33. The highest BCUT2D eigenvalue weighted by Gasteiger charge is 2.12. The lowest BCUT2D eigenvalue weighted by Crippen LogP contribution is -2.16. The molecule has 1 amide bonds. The Labute approximate surface area is 97.6 Å². The highest BCUT2D eigenvalue weighted by molar-refractivity contribution is 8.13. The largest absolute Gasteiger partial charge is 0.339 e. The molecule has 1 rings (SSSR count). The Balaban J connectivity index is 2.91. The zero-order valence-electron chi connectivity index (χ0n) is 9.26. The van der Waals surface area contributed by atoms with Crippen LogP contribution in [0, 0.1) is 17.0 Å². The van der Waals surface area contributed by atoms with E-state index in [1.807, 2.05) is 0 Å². The first-order valence-electron chi connectivity index (χ1n) is 4.56. The minimum absolute atomic E-state index is 0.0409. The van der Waals surface area contributed by atoms with Gasteiger partial charge < -0.3 is 4.90 Å². The lowest BCUT2D eigenvalue weighted by atomic mass is 10.2. The van der Waals surface area contributed by atoms with Gasteiger partial charge in [-0.2, -0.15) is 0 Å². The molecule has 0 fully saturated rings. The highest BCUT2D eigenvalue weighted by Crippen LogP contribution is 2.27. The third kappa shape index (κ3) is 2.96. The normalized spacial score (nSPS) is 9.94. The van der Waals surface area contributed by atoms with Crippen molar-refractivity contribution in [3.8, 4) is 0 Å². The minimum atomic E-state index is -0.449. The summed E-state index contributed by atoms with van der Waals surface area (Å²) in [5.41, 5.74) is 0.772. The van der Waals surface area contributed by atoms with Crippen LogP contribution in [0.2, 0.25) is 0 Å². The summed E-state index contributed by atoms with van der Waals surface area (Å²) in [6, 6.07) is 4.46. The Hall–Kier alpha value is -1.56. The third-order valence-electron chi connectivity index (χ3n) is 1.93. The van der Waals surface area contributed by atoms with Crippen molar-refractivity contribution >= 4 is 22.7 Å². The number of rotatable bonds is 2. The fourth-order valence-corrected chi connectivity index (χ4v) is 1.77. The van der Waals surface area contributed by atoms with Crippen LogP contribution >= 0.6 is 11.8 Å². The van der Waals surface area contributed by atoms with E-state index < -0.39 is 4.92 Å². The Kier molecular flexibility index (Phi) is 3.89. The summed E-state index contributed by atoms with van der Waals surface area (Å²) < 4.78 is 0. The first-order valence-corrected chi connectivity index (χ1v) is 5.37. The van der Waals surface area contributed by atoms with E-state index in [4.69, 9.17) is 0 Å². The van der Waals surface area contributed by atoms with Gasteiger partial charge in [0, 0.05) is 31.1 Å². The van der Waals surface area contributed by atoms with E-state index in [1.165, 1.54) is 17.0 Å². The van der Waals surface area contributed by atoms with Crippen LogP contribution in [0.5, 0.6) is 0 Å². The van der Waals surface area contributed by atoms with Crippen LogP contribution in [-0.2, 0) is 0 Å². The molecular weight excluding hydrogens is 228 g/mol. The van der Waals surface area contributed by atoms with Crippen molar-refractivity contribution in [2.75, 3.05) is 14.1 Å². The van der Waals surface area contributed by atoms with Crippen molar-refractivity contribution in [1.29, 1.82) is 0 Å². The molecule has 0 aliphatic rings. The second-order valence-corrected chi connectivity index (χ2v) is 4.46. The molecule has 0 unspecified atom stereocenters. The van der Waals surface area contributed by atoms with Crippen LogP contribution in [0.4, 0.5) is 10.5 Å². The van der Waals surface area contributed by atoms with Crippen molar-refractivity contribution in [2.45, 2.75) is 11.8 Å². The number of carbonyl (C=O) groups is 1. The predicted molar refractivity (Wildman–Crippen MR) is 62.8 cm³/mol. The molecule has 16 heavy (non-hydrogen) atoms. The first-order chi connectivity index (χ1) is 7.41. The highest BCUT2D eigenvalue weighted by atomic mass is 32.2. The summed E-state index contributed by atoms with van der Waals surface area (Å²) in [5, 5.41) is 10.4. The van der Waals surface area contributed by atoms with Gasteiger partial charge in [-0.15, -0.1) is 0 Å². The number of thioether (sulfide) groups is 1. The molecule has 5 nitrogen and oxygen atoms in total. The zero-order valence-corrected chi connectivity index (χ0v) is 10.1. The number of nitro groups is 1. The fraction of sp³-hybridized carbons (Fsp3) is 0.300. The van der Waals surface area contributed by atoms with Crippen LogP contribution in [0.15, 0.2) is 23.1 Å². The summed E-state index contributed by atoms with van der Waals surface area (Å²) >= 11 is 1.06. The summed E-state index contributed by atoms with van der Waals surface area (Å²) in [6.07, 6.45) is 0. The number of hydrogen-bond acceptors (Lipinski definition) is 4. The minimum Gasteiger partial charge on any atom is -0.339 e. The molecule has 0 aliphatic heterocycles. The fourth-order valence-electron chi connectivity index (χ4n) is 1.05. The molecule has 0 heterocycles. The maximum absolute atomic E-state index is 11.4. The molecule has 1 aromatic rings. The second-order valence-electron chi connectivity index (χ2n) is 3.47. The van der Waals surface area contributed by atoms with Crippen LogP contribution in [-0.4, -0.2) is 29.2 Å². The van der Waals surface area contributed by atoms with Crippen LogP contribution in [0.25, 0.3) is 0 Å². The van der Waals surface area contributed by atoms with E-state index in [2.05, 4.69) is 0 Å². The number of carbonyl (C=O) groups excluding carboxylic acids is 1. The van der Waals surface area contributed by atoms with E-state index in [9.17, 15) is 14.9 Å². The maximum atomic E-state index is 11.4. The van der Waals surface area contributed by atoms with E-state index >= 15 is 0 Å². The summed E-state index contributed by atoms with van der Waals surface area (Å²) in [5.74, 6) is 0. The van der Waals surface area contributed by atoms with Gasteiger partial charge >= 0.3 is 0 Å². The van der Waals surface area contributed by atoms with E-state index in [0.29, 0.717) is 0 Å². The smallest absolute Gasteiger partial charge is 0.285 e. The molecule has 0 N–H and O–H groups in total. The SMILES string of the molecule is Cc1cc([N+](=O)[O-])ccc1SC(=O)N(C)C. The number of nitrogens with zero attached hydrogens (tertiary/aromatic N) is 2. The average Bonchev–Trinajstić information content (AvgIpc) is 2.20. The number of aryl methyl sites for hydroxylation is 1. The number of non-ortho nitro benzene ring substituents is 1. The standard InChI is InChI=1S/C10H12N2O3S/c1-7-6-8(12(14)15)4-5-9(7)16-10(13)11(2)3/h4-6H,1-3H3. The molecule has 0 aliphatic carbocycles. The van der Waals surface area contributed by atoms with E-state index in [-0.39, 0.29) is 10.9 Å². The molecule has 0 bridgehead atoms. The molecule has 0 radical (unpaired) electrons. The molecule has 86 valence electrons. The topological polar surface area (TPSA) is 63.5 Å². The molecule has 0 atom stereocenters. The summed E-state index contributed by atoms with van der Waals surface area (Å²) in [4.78, 5) is 23.7. The van der Waals surface area contributed by atoms with Crippen molar-refractivity contribution in [3.05, 3.63) is 33.9 Å². The van der Waals surface area contributed by atoms with E-state index in [0.717, 1.165) is 22.2 Å².